The Morgan fingerprint density at radius 1 is 0.875 bits per heavy atom. The summed E-state index contributed by atoms with van der Waals surface area (Å²) < 4.78 is 40.0. The molecule has 4 nitrogen and oxygen atoms in total. The maximum atomic E-state index is 13.6. The van der Waals surface area contributed by atoms with E-state index in [1.165, 1.54) is 11.1 Å². The minimum absolute atomic E-state index is 0.365. The molecule has 32 heavy (non-hydrogen) atoms. The number of hydrogen-bond acceptors (Lipinski definition) is 4. The molecule has 1 atom stereocenters. The quantitative estimate of drug-likeness (QED) is 0.515. The third kappa shape index (κ3) is 4.46. The van der Waals surface area contributed by atoms with Crippen molar-refractivity contribution < 1.29 is 17.7 Å². The number of hydrogen-bond donors (Lipinski definition) is 0. The zero-order chi connectivity index (χ0) is 23.0. The zero-order valence-electron chi connectivity index (χ0n) is 19.5. The summed E-state index contributed by atoms with van der Waals surface area (Å²) in [5.41, 5.74) is 2.30. The smallest absolute Gasteiger partial charge is 0.400 e. The van der Waals surface area contributed by atoms with Gasteiger partial charge in [0.2, 0.25) is 0 Å². The highest BCUT2D eigenvalue weighted by Crippen LogP contribution is 2.45. The predicted octanol–water partition coefficient (Wildman–Crippen LogP) is 5.57. The van der Waals surface area contributed by atoms with Gasteiger partial charge in [-0.15, -0.1) is 0 Å². The van der Waals surface area contributed by atoms with E-state index in [2.05, 4.69) is 24.3 Å². The monoisotopic (exact) mass is 452 g/mol. The van der Waals surface area contributed by atoms with Gasteiger partial charge in [0.25, 0.3) is 0 Å². The first kappa shape index (κ1) is 23.3. The van der Waals surface area contributed by atoms with Gasteiger partial charge in [-0.25, -0.2) is 8.42 Å². The maximum absolute atomic E-state index is 13.6. The van der Waals surface area contributed by atoms with Gasteiger partial charge in [0.15, 0.2) is 9.84 Å². The first-order valence-corrected chi connectivity index (χ1v) is 13.1. The molecular weight excluding hydrogens is 419 g/mol. The van der Waals surface area contributed by atoms with Gasteiger partial charge in [-0.1, -0.05) is 54.1 Å². The summed E-state index contributed by atoms with van der Waals surface area (Å²) in [6, 6.07) is 19.2. The SMILES string of the molecule is CC1(C)OB(C2=C(CCCc3ccccc3)CCC2S(=O)(=O)c2ccccc2)OC1(C)C. The molecule has 4 rings (SSSR count). The third-order valence-corrected chi connectivity index (χ3v) is 9.37. The van der Waals surface area contributed by atoms with Crippen molar-refractivity contribution in [2.45, 2.75) is 81.1 Å². The van der Waals surface area contributed by atoms with Crippen molar-refractivity contribution in [2.75, 3.05) is 0 Å². The van der Waals surface area contributed by atoms with Crippen LogP contribution < -0.4 is 0 Å². The van der Waals surface area contributed by atoms with E-state index in [4.69, 9.17) is 9.31 Å². The van der Waals surface area contributed by atoms with Gasteiger partial charge in [0, 0.05) is 0 Å². The van der Waals surface area contributed by atoms with Gasteiger partial charge < -0.3 is 9.31 Å². The van der Waals surface area contributed by atoms with E-state index in [0.717, 1.165) is 31.2 Å². The van der Waals surface area contributed by atoms with E-state index in [9.17, 15) is 8.42 Å². The largest absolute Gasteiger partial charge is 0.491 e. The van der Waals surface area contributed by atoms with Crippen molar-refractivity contribution in [3.63, 3.8) is 0 Å². The van der Waals surface area contributed by atoms with Crippen molar-refractivity contribution in [3.8, 4) is 0 Å². The van der Waals surface area contributed by atoms with Crippen LogP contribution >= 0.6 is 0 Å². The van der Waals surface area contributed by atoms with Gasteiger partial charge >= 0.3 is 7.12 Å². The average molecular weight is 452 g/mol. The molecule has 1 unspecified atom stereocenters. The molecule has 0 spiro atoms. The summed E-state index contributed by atoms with van der Waals surface area (Å²) in [4.78, 5) is 0.365. The minimum atomic E-state index is -3.53. The molecule has 0 radical (unpaired) electrons. The average Bonchev–Trinajstić information content (AvgIpc) is 3.27. The first-order chi connectivity index (χ1) is 15.1. The van der Waals surface area contributed by atoms with E-state index in [1.54, 1.807) is 24.3 Å². The number of sulfone groups is 1. The molecule has 2 aromatic rings. The molecule has 0 bridgehead atoms. The minimum Gasteiger partial charge on any atom is -0.400 e. The molecule has 1 aliphatic heterocycles. The Labute approximate surface area is 193 Å². The molecular formula is C26H33BO4S. The second-order valence-corrected chi connectivity index (χ2v) is 12.0. The van der Waals surface area contributed by atoms with Crippen LogP contribution in [-0.4, -0.2) is 32.0 Å². The lowest BCUT2D eigenvalue weighted by Gasteiger charge is -2.32. The van der Waals surface area contributed by atoms with Crippen molar-refractivity contribution in [1.82, 2.24) is 0 Å². The van der Waals surface area contributed by atoms with Crippen molar-refractivity contribution in [3.05, 3.63) is 77.3 Å². The Hall–Kier alpha value is -1.89. The van der Waals surface area contributed by atoms with Crippen LogP contribution in [0.5, 0.6) is 0 Å². The van der Waals surface area contributed by atoms with Crippen LogP contribution in [0.2, 0.25) is 0 Å². The predicted molar refractivity (Wildman–Crippen MR) is 129 cm³/mol. The van der Waals surface area contributed by atoms with E-state index < -0.39 is 33.4 Å². The second-order valence-electron chi connectivity index (χ2n) is 9.87. The van der Waals surface area contributed by atoms with Gasteiger partial charge in [-0.2, -0.15) is 0 Å². The highest BCUT2D eigenvalue weighted by atomic mass is 32.2. The van der Waals surface area contributed by atoms with Crippen LogP contribution in [-0.2, 0) is 25.6 Å². The van der Waals surface area contributed by atoms with Crippen molar-refractivity contribution in [1.29, 1.82) is 0 Å². The molecule has 2 aromatic carbocycles. The standard InChI is InChI=1S/C26H33BO4S/c1-25(2)26(3,4)31-27(30-25)24-21(15-11-14-20-12-7-5-8-13-20)18-19-23(24)32(28,29)22-16-9-6-10-17-22/h5-10,12-13,16-17,23H,11,14-15,18-19H2,1-4H3. The van der Waals surface area contributed by atoms with Crippen LogP contribution in [0.25, 0.3) is 0 Å². The fourth-order valence-electron chi connectivity index (χ4n) is 4.64. The summed E-state index contributed by atoms with van der Waals surface area (Å²) in [6.45, 7) is 8.05. The molecule has 1 aliphatic carbocycles. The lowest BCUT2D eigenvalue weighted by molar-refractivity contribution is 0.00578. The normalized spacial score (nSPS) is 22.5. The fourth-order valence-corrected chi connectivity index (χ4v) is 6.54. The number of rotatable bonds is 7. The number of benzene rings is 2. The molecule has 0 aromatic heterocycles. The molecule has 1 saturated heterocycles. The van der Waals surface area contributed by atoms with Gasteiger partial charge in [-0.3, -0.25) is 0 Å². The fraction of sp³-hybridized carbons (Fsp3) is 0.462. The highest BCUT2D eigenvalue weighted by molar-refractivity contribution is 7.92. The Morgan fingerprint density at radius 3 is 2.03 bits per heavy atom. The van der Waals surface area contributed by atoms with Crippen molar-refractivity contribution >= 4 is 17.0 Å². The molecule has 0 amide bonds. The molecule has 1 heterocycles. The number of aryl methyl sites for hydroxylation is 1. The lowest BCUT2D eigenvalue weighted by Crippen LogP contribution is -2.41. The van der Waals surface area contributed by atoms with Crippen molar-refractivity contribution in [2.24, 2.45) is 0 Å². The Bertz CT molecular complexity index is 1060. The summed E-state index contributed by atoms with van der Waals surface area (Å²) >= 11 is 0. The number of allylic oxidation sites excluding steroid dienone is 1. The van der Waals surface area contributed by atoms with Crippen LogP contribution in [0.4, 0.5) is 0 Å². The molecule has 0 saturated carbocycles. The van der Waals surface area contributed by atoms with Crippen LogP contribution in [0, 0.1) is 0 Å². The Kier molecular flexibility index (Phi) is 6.41. The Balaban J connectivity index is 1.65. The van der Waals surface area contributed by atoms with E-state index in [1.807, 2.05) is 39.8 Å². The third-order valence-electron chi connectivity index (χ3n) is 7.20. The summed E-state index contributed by atoms with van der Waals surface area (Å²) in [5, 5.41) is -0.605. The molecule has 170 valence electrons. The highest BCUT2D eigenvalue weighted by Gasteiger charge is 2.56. The van der Waals surface area contributed by atoms with E-state index in [0.29, 0.717) is 11.3 Å². The first-order valence-electron chi connectivity index (χ1n) is 11.5. The maximum Gasteiger partial charge on any atom is 0.491 e. The molecule has 2 aliphatic rings. The van der Waals surface area contributed by atoms with E-state index in [-0.39, 0.29) is 0 Å². The van der Waals surface area contributed by atoms with Crippen LogP contribution in [0.1, 0.15) is 58.9 Å². The summed E-state index contributed by atoms with van der Waals surface area (Å²) in [7, 11) is -4.15. The van der Waals surface area contributed by atoms with Gasteiger partial charge in [0.1, 0.15) is 0 Å². The summed E-state index contributed by atoms with van der Waals surface area (Å²) in [5.74, 6) is 0. The van der Waals surface area contributed by atoms with Crippen LogP contribution in [0.3, 0.4) is 0 Å². The summed E-state index contributed by atoms with van der Waals surface area (Å²) in [6.07, 6.45) is 4.15. The van der Waals surface area contributed by atoms with Crippen LogP contribution in [0.15, 0.2) is 76.6 Å². The lowest BCUT2D eigenvalue weighted by atomic mass is 9.74. The van der Waals surface area contributed by atoms with Gasteiger partial charge in [0.05, 0.1) is 21.3 Å². The topological polar surface area (TPSA) is 52.6 Å². The zero-order valence-corrected chi connectivity index (χ0v) is 20.3. The van der Waals surface area contributed by atoms with E-state index >= 15 is 0 Å². The molecule has 1 fully saturated rings. The molecule has 6 heteroatoms. The van der Waals surface area contributed by atoms with Gasteiger partial charge in [-0.05, 0) is 83.0 Å². The second kappa shape index (κ2) is 8.81. The Morgan fingerprint density at radius 2 is 1.44 bits per heavy atom. The molecule has 0 N–H and O–H groups in total.